The zero-order valence-electron chi connectivity index (χ0n) is 8.66. The highest BCUT2D eigenvalue weighted by atomic mass is 127. The quantitative estimate of drug-likeness (QED) is 0.838. The third-order valence-corrected chi connectivity index (χ3v) is 2.77. The van der Waals surface area contributed by atoms with Gasteiger partial charge in [0.25, 0.3) is 0 Å². The van der Waals surface area contributed by atoms with Gasteiger partial charge in [-0.3, -0.25) is 4.79 Å². The second-order valence-corrected chi connectivity index (χ2v) is 4.64. The van der Waals surface area contributed by atoms with Gasteiger partial charge < -0.3 is 11.1 Å². The zero-order chi connectivity index (χ0) is 11.3. The summed E-state index contributed by atoms with van der Waals surface area (Å²) < 4.78 is 1.14. The largest absolute Gasteiger partial charge is 0.325 e. The smallest absolute Gasteiger partial charge is 0.241 e. The Morgan fingerprint density at radius 1 is 1.47 bits per heavy atom. The van der Waals surface area contributed by atoms with Crippen LogP contribution in [0.2, 0.25) is 0 Å². The maximum Gasteiger partial charge on any atom is 0.241 e. The number of hydrogen-bond donors (Lipinski definition) is 2. The number of hydrogen-bond acceptors (Lipinski definition) is 2. The predicted octanol–water partition coefficient (Wildman–Crippen LogP) is 2.36. The molecule has 0 saturated carbocycles. The number of carbonyl (C=O) groups is 1. The number of rotatable bonds is 4. The number of benzene rings is 1. The first kappa shape index (κ1) is 12.4. The van der Waals surface area contributed by atoms with Crippen LogP contribution >= 0.6 is 22.6 Å². The third kappa shape index (κ3) is 4.17. The van der Waals surface area contributed by atoms with E-state index in [2.05, 4.69) is 27.9 Å². The lowest BCUT2D eigenvalue weighted by Gasteiger charge is -2.10. The summed E-state index contributed by atoms with van der Waals surface area (Å²) in [6.07, 6.45) is 1.64. The van der Waals surface area contributed by atoms with Crippen molar-refractivity contribution in [3.05, 3.63) is 27.8 Å². The van der Waals surface area contributed by atoms with Crippen molar-refractivity contribution >= 4 is 34.2 Å². The molecule has 0 aliphatic heterocycles. The van der Waals surface area contributed by atoms with E-state index < -0.39 is 6.04 Å². The SMILES string of the molecule is CCC[C@@H](N)C(=O)Nc1ccc(I)cc1. The molecule has 0 spiro atoms. The van der Waals surface area contributed by atoms with E-state index in [1.165, 1.54) is 0 Å². The molecule has 15 heavy (non-hydrogen) atoms. The standard InChI is InChI=1S/C11H15IN2O/c1-2-3-10(13)11(15)14-9-6-4-8(12)5-7-9/h4-7,10H,2-3,13H2,1H3,(H,14,15)/t10-/m1/s1. The minimum atomic E-state index is -0.408. The molecule has 0 radical (unpaired) electrons. The Morgan fingerprint density at radius 2 is 2.07 bits per heavy atom. The molecule has 3 N–H and O–H groups in total. The summed E-state index contributed by atoms with van der Waals surface area (Å²) in [5.74, 6) is -0.113. The summed E-state index contributed by atoms with van der Waals surface area (Å²) in [6, 6.07) is 7.23. The van der Waals surface area contributed by atoms with Gasteiger partial charge in [0.15, 0.2) is 0 Å². The Bertz CT molecular complexity index is 324. The number of halogens is 1. The second kappa shape index (κ2) is 6.07. The molecule has 1 atom stereocenters. The van der Waals surface area contributed by atoms with E-state index in [0.29, 0.717) is 0 Å². The van der Waals surface area contributed by atoms with Gasteiger partial charge in [0.05, 0.1) is 6.04 Å². The molecule has 0 heterocycles. The van der Waals surface area contributed by atoms with Gasteiger partial charge in [-0.15, -0.1) is 0 Å². The lowest BCUT2D eigenvalue weighted by molar-refractivity contribution is -0.117. The Morgan fingerprint density at radius 3 is 2.60 bits per heavy atom. The monoisotopic (exact) mass is 318 g/mol. The highest BCUT2D eigenvalue weighted by Crippen LogP contribution is 2.11. The van der Waals surface area contributed by atoms with E-state index >= 15 is 0 Å². The normalized spacial score (nSPS) is 12.2. The molecule has 0 aliphatic carbocycles. The van der Waals surface area contributed by atoms with Crippen molar-refractivity contribution in [1.82, 2.24) is 0 Å². The summed E-state index contributed by atoms with van der Waals surface area (Å²) in [6.45, 7) is 2.01. The fourth-order valence-electron chi connectivity index (χ4n) is 1.21. The van der Waals surface area contributed by atoms with Crippen LogP contribution < -0.4 is 11.1 Å². The Kier molecular flexibility index (Phi) is 5.04. The van der Waals surface area contributed by atoms with Crippen LogP contribution in [0.1, 0.15) is 19.8 Å². The molecule has 0 saturated heterocycles. The molecule has 0 aromatic heterocycles. The topological polar surface area (TPSA) is 55.1 Å². The van der Waals surface area contributed by atoms with Crippen LogP contribution in [-0.2, 0) is 4.79 Å². The van der Waals surface area contributed by atoms with Crippen LogP contribution in [0, 0.1) is 3.57 Å². The second-order valence-electron chi connectivity index (χ2n) is 3.39. The molecule has 0 aliphatic rings. The fourth-order valence-corrected chi connectivity index (χ4v) is 1.57. The van der Waals surface area contributed by atoms with Gasteiger partial charge in [-0.1, -0.05) is 13.3 Å². The van der Waals surface area contributed by atoms with Crippen molar-refractivity contribution in [2.45, 2.75) is 25.8 Å². The van der Waals surface area contributed by atoms with Crippen LogP contribution in [0.15, 0.2) is 24.3 Å². The number of anilines is 1. The first-order valence-corrected chi connectivity index (χ1v) is 6.03. The van der Waals surface area contributed by atoms with E-state index in [1.807, 2.05) is 31.2 Å². The van der Waals surface area contributed by atoms with E-state index in [9.17, 15) is 4.79 Å². The minimum absolute atomic E-state index is 0.113. The first-order chi connectivity index (χ1) is 7.13. The van der Waals surface area contributed by atoms with Gasteiger partial charge in [0, 0.05) is 9.26 Å². The van der Waals surface area contributed by atoms with Gasteiger partial charge in [0.2, 0.25) is 5.91 Å². The number of amides is 1. The molecule has 82 valence electrons. The molecule has 1 rings (SSSR count). The van der Waals surface area contributed by atoms with Crippen molar-refractivity contribution in [2.24, 2.45) is 5.73 Å². The molecule has 1 aromatic carbocycles. The number of nitrogens with two attached hydrogens (primary N) is 1. The highest BCUT2D eigenvalue weighted by Gasteiger charge is 2.11. The first-order valence-electron chi connectivity index (χ1n) is 4.95. The summed E-state index contributed by atoms with van der Waals surface area (Å²) in [4.78, 5) is 11.5. The van der Waals surface area contributed by atoms with Crippen molar-refractivity contribution < 1.29 is 4.79 Å². The van der Waals surface area contributed by atoms with Crippen molar-refractivity contribution in [3.8, 4) is 0 Å². The molecule has 0 fully saturated rings. The minimum Gasteiger partial charge on any atom is -0.325 e. The summed E-state index contributed by atoms with van der Waals surface area (Å²) >= 11 is 2.22. The van der Waals surface area contributed by atoms with Crippen LogP contribution in [-0.4, -0.2) is 11.9 Å². The maximum atomic E-state index is 11.5. The lowest BCUT2D eigenvalue weighted by Crippen LogP contribution is -2.35. The molecule has 4 heteroatoms. The molecule has 0 unspecified atom stereocenters. The summed E-state index contributed by atoms with van der Waals surface area (Å²) in [7, 11) is 0. The summed E-state index contributed by atoms with van der Waals surface area (Å²) in [5, 5.41) is 2.79. The zero-order valence-corrected chi connectivity index (χ0v) is 10.8. The van der Waals surface area contributed by atoms with E-state index in [0.717, 1.165) is 22.1 Å². The fraction of sp³-hybridized carbons (Fsp3) is 0.364. The third-order valence-electron chi connectivity index (χ3n) is 2.05. The number of carbonyl (C=O) groups excluding carboxylic acids is 1. The van der Waals surface area contributed by atoms with Crippen LogP contribution in [0.25, 0.3) is 0 Å². The lowest BCUT2D eigenvalue weighted by atomic mass is 10.1. The van der Waals surface area contributed by atoms with Crippen LogP contribution in [0.5, 0.6) is 0 Å². The Balaban J connectivity index is 2.54. The van der Waals surface area contributed by atoms with Gasteiger partial charge in [-0.25, -0.2) is 0 Å². The molecular formula is C11H15IN2O. The average Bonchev–Trinajstić information content (AvgIpc) is 2.22. The Hall–Kier alpha value is -0.620. The van der Waals surface area contributed by atoms with Gasteiger partial charge in [-0.2, -0.15) is 0 Å². The van der Waals surface area contributed by atoms with Gasteiger partial charge in [-0.05, 0) is 53.3 Å². The average molecular weight is 318 g/mol. The Labute approximate surface area is 104 Å². The van der Waals surface area contributed by atoms with Crippen molar-refractivity contribution in [3.63, 3.8) is 0 Å². The van der Waals surface area contributed by atoms with Crippen LogP contribution in [0.3, 0.4) is 0 Å². The van der Waals surface area contributed by atoms with Gasteiger partial charge >= 0.3 is 0 Å². The molecular weight excluding hydrogens is 303 g/mol. The molecule has 3 nitrogen and oxygen atoms in total. The molecule has 1 aromatic rings. The molecule has 0 bridgehead atoms. The van der Waals surface area contributed by atoms with Gasteiger partial charge in [0.1, 0.15) is 0 Å². The van der Waals surface area contributed by atoms with Crippen molar-refractivity contribution in [1.29, 1.82) is 0 Å². The van der Waals surface area contributed by atoms with E-state index in [1.54, 1.807) is 0 Å². The van der Waals surface area contributed by atoms with Crippen molar-refractivity contribution in [2.75, 3.05) is 5.32 Å². The summed E-state index contributed by atoms with van der Waals surface area (Å²) in [5.41, 5.74) is 6.49. The highest BCUT2D eigenvalue weighted by molar-refractivity contribution is 14.1. The van der Waals surface area contributed by atoms with E-state index in [-0.39, 0.29) is 5.91 Å². The van der Waals surface area contributed by atoms with E-state index in [4.69, 9.17) is 5.73 Å². The maximum absolute atomic E-state index is 11.5. The van der Waals surface area contributed by atoms with Crippen LogP contribution in [0.4, 0.5) is 5.69 Å². The number of nitrogens with one attached hydrogen (secondary N) is 1. The predicted molar refractivity (Wildman–Crippen MR) is 70.7 cm³/mol. The molecule has 1 amide bonds.